The van der Waals surface area contributed by atoms with Gasteiger partial charge in [0, 0.05) is 35.7 Å². The van der Waals surface area contributed by atoms with E-state index in [2.05, 4.69) is 31.0 Å². The Morgan fingerprint density at radius 3 is 2.70 bits per heavy atom. The van der Waals surface area contributed by atoms with E-state index in [1.54, 1.807) is 24.0 Å². The third-order valence-electron chi connectivity index (χ3n) is 4.35. The van der Waals surface area contributed by atoms with Crippen LogP contribution in [0.4, 0.5) is 22.1 Å². The van der Waals surface area contributed by atoms with Crippen LogP contribution >= 0.6 is 0 Å². The lowest BCUT2D eigenvalue weighted by Gasteiger charge is -2.10. The van der Waals surface area contributed by atoms with Gasteiger partial charge in [-0.25, -0.2) is 19.3 Å². The minimum Gasteiger partial charge on any atom is -0.481 e. The lowest BCUT2D eigenvalue weighted by Crippen LogP contribution is -2.28. The van der Waals surface area contributed by atoms with E-state index in [1.165, 1.54) is 0 Å². The van der Waals surface area contributed by atoms with Crippen LogP contribution in [0.25, 0.3) is 16.8 Å². The van der Waals surface area contributed by atoms with E-state index in [0.29, 0.717) is 24.1 Å². The van der Waals surface area contributed by atoms with Gasteiger partial charge in [-0.05, 0) is 43.3 Å². The first-order valence-corrected chi connectivity index (χ1v) is 9.43. The zero-order valence-corrected chi connectivity index (χ0v) is 16.6. The van der Waals surface area contributed by atoms with Gasteiger partial charge in [0.2, 0.25) is 11.8 Å². The van der Waals surface area contributed by atoms with Crippen molar-refractivity contribution in [3.05, 3.63) is 60.9 Å². The highest BCUT2D eigenvalue weighted by Gasteiger charge is 2.09. The molecule has 30 heavy (non-hydrogen) atoms. The number of fused-ring (bicyclic) bond motifs is 1. The Morgan fingerprint density at radius 2 is 1.93 bits per heavy atom. The van der Waals surface area contributed by atoms with Crippen molar-refractivity contribution in [2.45, 2.75) is 6.92 Å². The molecule has 0 bridgehead atoms. The first kappa shape index (κ1) is 19.2. The maximum Gasteiger partial charge on any atom is 0.319 e. The summed E-state index contributed by atoms with van der Waals surface area (Å²) in [6.45, 7) is 2.42. The molecule has 152 valence electrons. The van der Waals surface area contributed by atoms with Crippen LogP contribution in [-0.4, -0.2) is 39.3 Å². The lowest BCUT2D eigenvalue weighted by atomic mass is 10.2. The fourth-order valence-corrected chi connectivity index (χ4v) is 2.97. The number of benzene rings is 1. The molecule has 3 aromatic heterocycles. The van der Waals surface area contributed by atoms with Gasteiger partial charge in [0.1, 0.15) is 0 Å². The summed E-state index contributed by atoms with van der Waals surface area (Å²) in [5, 5.41) is 13.3. The summed E-state index contributed by atoms with van der Waals surface area (Å²) in [6.07, 6.45) is 3.49. The first-order chi connectivity index (χ1) is 14.7. The van der Waals surface area contributed by atoms with Crippen LogP contribution in [0.1, 0.15) is 6.92 Å². The molecule has 0 aliphatic heterocycles. The molecule has 0 atom stereocenters. The van der Waals surface area contributed by atoms with Gasteiger partial charge in [-0.1, -0.05) is 6.07 Å². The summed E-state index contributed by atoms with van der Waals surface area (Å²) in [5.41, 5.74) is 4.07. The van der Waals surface area contributed by atoms with Crippen LogP contribution in [0.5, 0.6) is 5.88 Å². The Morgan fingerprint density at radius 1 is 1.07 bits per heavy atom. The number of ether oxygens (including phenoxy) is 1. The molecule has 0 aliphatic carbocycles. The Hall–Kier alpha value is -4.14. The van der Waals surface area contributed by atoms with Crippen molar-refractivity contribution in [1.29, 1.82) is 0 Å². The number of hydrogen-bond donors (Lipinski definition) is 3. The summed E-state index contributed by atoms with van der Waals surface area (Å²) in [5.74, 6) is 0.981. The van der Waals surface area contributed by atoms with Gasteiger partial charge in [0.05, 0.1) is 24.5 Å². The number of anilines is 3. The second kappa shape index (κ2) is 8.48. The van der Waals surface area contributed by atoms with Gasteiger partial charge in [-0.3, -0.25) is 0 Å². The van der Waals surface area contributed by atoms with Gasteiger partial charge in [0.25, 0.3) is 0 Å². The van der Waals surface area contributed by atoms with E-state index in [-0.39, 0.29) is 6.03 Å². The molecular formula is C21H21N7O2. The van der Waals surface area contributed by atoms with Gasteiger partial charge in [-0.2, -0.15) is 0 Å². The van der Waals surface area contributed by atoms with Gasteiger partial charge in [-0.15, -0.1) is 5.10 Å². The molecule has 4 rings (SSSR count). The number of hydrogen-bond acceptors (Lipinski definition) is 6. The van der Waals surface area contributed by atoms with Gasteiger partial charge in [0.15, 0.2) is 0 Å². The molecule has 3 N–H and O–H groups in total. The monoisotopic (exact) mass is 403 g/mol. The summed E-state index contributed by atoms with van der Waals surface area (Å²) < 4.78 is 6.92. The molecule has 9 nitrogen and oxygen atoms in total. The standard InChI is InChI=1S/C21H21N7O2/c1-3-22-21(29)26-16-6-4-5-15(11-16)25-20-24-13-17-8-9-18(28(17)27-20)14-7-10-19(30-2)23-12-14/h4-13H,3H2,1-2H3,(H,25,27)(H2,22,26,29). The summed E-state index contributed by atoms with van der Waals surface area (Å²) in [6, 6.07) is 14.7. The van der Waals surface area contributed by atoms with Crippen LogP contribution in [0.15, 0.2) is 60.9 Å². The van der Waals surface area contributed by atoms with Crippen molar-refractivity contribution in [3.63, 3.8) is 0 Å². The summed E-state index contributed by atoms with van der Waals surface area (Å²) in [7, 11) is 1.58. The predicted octanol–water partition coefficient (Wildman–Crippen LogP) is 3.68. The second-order valence-electron chi connectivity index (χ2n) is 6.42. The fourth-order valence-electron chi connectivity index (χ4n) is 2.97. The molecule has 0 spiro atoms. The molecule has 4 aromatic rings. The lowest BCUT2D eigenvalue weighted by molar-refractivity contribution is 0.252. The molecule has 0 fully saturated rings. The average Bonchev–Trinajstić information content (AvgIpc) is 3.17. The van der Waals surface area contributed by atoms with E-state index in [0.717, 1.165) is 22.5 Å². The minimum atomic E-state index is -0.252. The average molecular weight is 403 g/mol. The number of nitrogens with zero attached hydrogens (tertiary/aromatic N) is 4. The molecule has 2 amide bonds. The van der Waals surface area contributed by atoms with Crippen LogP contribution in [0, 0.1) is 0 Å². The third-order valence-corrected chi connectivity index (χ3v) is 4.35. The molecule has 0 radical (unpaired) electrons. The van der Waals surface area contributed by atoms with Crippen LogP contribution < -0.4 is 20.7 Å². The minimum absolute atomic E-state index is 0.252. The Bertz CT molecular complexity index is 1170. The number of rotatable bonds is 6. The highest BCUT2D eigenvalue weighted by atomic mass is 16.5. The molecule has 0 unspecified atom stereocenters. The number of carbonyl (C=O) groups excluding carboxylic acids is 1. The number of methoxy groups -OCH3 is 1. The van der Waals surface area contributed by atoms with Crippen LogP contribution in [-0.2, 0) is 0 Å². The number of aromatic nitrogens is 4. The Labute approximate surface area is 173 Å². The molecule has 3 heterocycles. The molecule has 0 saturated carbocycles. The zero-order valence-electron chi connectivity index (χ0n) is 16.6. The van der Waals surface area contributed by atoms with Crippen molar-refractivity contribution in [3.8, 4) is 17.1 Å². The second-order valence-corrected chi connectivity index (χ2v) is 6.42. The van der Waals surface area contributed by atoms with Crippen LogP contribution in [0.2, 0.25) is 0 Å². The normalized spacial score (nSPS) is 10.6. The molecule has 1 aromatic carbocycles. The van der Waals surface area contributed by atoms with Crippen molar-refractivity contribution in [2.75, 3.05) is 24.3 Å². The number of amides is 2. The predicted molar refractivity (Wildman–Crippen MR) is 115 cm³/mol. The van der Waals surface area contributed by atoms with E-state index < -0.39 is 0 Å². The first-order valence-electron chi connectivity index (χ1n) is 9.43. The van der Waals surface area contributed by atoms with Crippen molar-refractivity contribution in [2.24, 2.45) is 0 Å². The maximum absolute atomic E-state index is 11.7. The third kappa shape index (κ3) is 4.14. The smallest absolute Gasteiger partial charge is 0.319 e. The van der Waals surface area contributed by atoms with Crippen molar-refractivity contribution < 1.29 is 9.53 Å². The van der Waals surface area contributed by atoms with Crippen molar-refractivity contribution >= 4 is 28.9 Å². The number of pyridine rings is 1. The molecule has 0 saturated heterocycles. The SMILES string of the molecule is CCNC(=O)Nc1cccc(Nc2ncc3ccc(-c4ccc(OC)nc4)n3n2)c1. The van der Waals surface area contributed by atoms with E-state index in [9.17, 15) is 4.79 Å². The number of urea groups is 1. The van der Waals surface area contributed by atoms with Gasteiger partial charge < -0.3 is 20.7 Å². The van der Waals surface area contributed by atoms with Gasteiger partial charge >= 0.3 is 6.03 Å². The quantitative estimate of drug-likeness (QED) is 0.453. The summed E-state index contributed by atoms with van der Waals surface area (Å²) in [4.78, 5) is 20.4. The maximum atomic E-state index is 11.7. The topological polar surface area (TPSA) is 105 Å². The van der Waals surface area contributed by atoms with E-state index >= 15 is 0 Å². The molecule has 0 aliphatic rings. The van der Waals surface area contributed by atoms with E-state index in [1.807, 2.05) is 55.5 Å². The highest BCUT2D eigenvalue weighted by molar-refractivity contribution is 5.89. The van der Waals surface area contributed by atoms with Crippen molar-refractivity contribution in [1.82, 2.24) is 24.9 Å². The van der Waals surface area contributed by atoms with Crippen LogP contribution in [0.3, 0.4) is 0 Å². The molecule has 9 heteroatoms. The highest BCUT2D eigenvalue weighted by Crippen LogP contribution is 2.24. The zero-order chi connectivity index (χ0) is 20.9. The summed E-state index contributed by atoms with van der Waals surface area (Å²) >= 11 is 0. The fraction of sp³-hybridized carbons (Fsp3) is 0.143. The number of nitrogens with one attached hydrogen (secondary N) is 3. The number of carbonyl (C=O) groups is 1. The molecular weight excluding hydrogens is 382 g/mol. The largest absolute Gasteiger partial charge is 0.481 e. The Balaban J connectivity index is 1.59. The van der Waals surface area contributed by atoms with E-state index in [4.69, 9.17) is 4.74 Å². The Kier molecular flexibility index (Phi) is 5.42.